The number of amides is 4. The molecule has 1 aliphatic rings. The molecule has 11 heteroatoms. The lowest BCUT2D eigenvalue weighted by atomic mass is 9.92. The smallest absolute Gasteiger partial charge is 0.325 e. The van der Waals surface area contributed by atoms with Gasteiger partial charge in [-0.2, -0.15) is 0 Å². The third kappa shape index (κ3) is 4.80. The first-order valence-corrected chi connectivity index (χ1v) is 10.0. The predicted octanol–water partition coefficient (Wildman–Crippen LogP) is 2.55. The van der Waals surface area contributed by atoms with Crippen molar-refractivity contribution in [3.63, 3.8) is 0 Å². The minimum Gasteiger partial charge on any atom is -0.492 e. The van der Waals surface area contributed by atoms with Gasteiger partial charge in [0.1, 0.15) is 24.4 Å². The standard InChI is InChI=1S/C21H21ClN4O6/c1-21(14-3-7-16(8-4-14)26(30)31)19(28)25(20(29)23-21)13-18(27)24(2)11-12-32-17-9-5-15(22)6-10-17/h3-10H,11-13H2,1-2H3,(H,23,29). The number of nitro benzene ring substituents is 1. The van der Waals surface area contributed by atoms with Crippen molar-refractivity contribution in [1.29, 1.82) is 0 Å². The topological polar surface area (TPSA) is 122 Å². The van der Waals surface area contributed by atoms with E-state index >= 15 is 0 Å². The van der Waals surface area contributed by atoms with Gasteiger partial charge >= 0.3 is 6.03 Å². The summed E-state index contributed by atoms with van der Waals surface area (Å²) < 4.78 is 5.55. The van der Waals surface area contributed by atoms with Crippen LogP contribution in [-0.2, 0) is 15.1 Å². The molecule has 0 bridgehead atoms. The third-order valence-corrected chi connectivity index (χ3v) is 5.41. The molecule has 1 saturated heterocycles. The molecular formula is C21H21ClN4O6. The number of nitrogens with one attached hydrogen (secondary N) is 1. The number of hydrogen-bond acceptors (Lipinski definition) is 6. The van der Waals surface area contributed by atoms with E-state index < -0.39 is 34.9 Å². The minimum absolute atomic E-state index is 0.136. The molecule has 1 aliphatic heterocycles. The Balaban J connectivity index is 1.59. The van der Waals surface area contributed by atoms with Crippen LogP contribution in [0, 0.1) is 10.1 Å². The molecule has 1 fully saturated rings. The van der Waals surface area contributed by atoms with Gasteiger partial charge < -0.3 is 15.0 Å². The average molecular weight is 461 g/mol. The maximum absolute atomic E-state index is 12.9. The summed E-state index contributed by atoms with van der Waals surface area (Å²) in [6, 6.07) is 11.4. The first kappa shape index (κ1) is 23.0. The number of imide groups is 1. The average Bonchev–Trinajstić information content (AvgIpc) is 2.99. The Bertz CT molecular complexity index is 1040. The second-order valence-corrected chi connectivity index (χ2v) is 7.80. The number of nitrogens with zero attached hydrogens (tertiary/aromatic N) is 3. The number of carbonyl (C=O) groups excluding carboxylic acids is 3. The molecule has 10 nitrogen and oxygen atoms in total. The van der Waals surface area contributed by atoms with Crippen molar-refractivity contribution in [1.82, 2.24) is 15.1 Å². The van der Waals surface area contributed by atoms with Gasteiger partial charge in [-0.05, 0) is 48.9 Å². The third-order valence-electron chi connectivity index (χ3n) is 5.16. The summed E-state index contributed by atoms with van der Waals surface area (Å²) in [5.74, 6) is -0.458. The van der Waals surface area contributed by atoms with Gasteiger partial charge in [-0.1, -0.05) is 11.6 Å². The van der Waals surface area contributed by atoms with Gasteiger partial charge in [-0.15, -0.1) is 0 Å². The van der Waals surface area contributed by atoms with E-state index in [1.807, 2.05) is 0 Å². The fourth-order valence-corrected chi connectivity index (χ4v) is 3.29. The largest absolute Gasteiger partial charge is 0.492 e. The van der Waals surface area contributed by atoms with Crippen LogP contribution in [0.15, 0.2) is 48.5 Å². The van der Waals surface area contributed by atoms with Crippen LogP contribution in [0.3, 0.4) is 0 Å². The Morgan fingerprint density at radius 3 is 2.41 bits per heavy atom. The number of rotatable bonds is 8. The molecule has 4 amide bonds. The van der Waals surface area contributed by atoms with Crippen LogP contribution in [0.5, 0.6) is 5.75 Å². The molecule has 0 spiro atoms. The van der Waals surface area contributed by atoms with Gasteiger partial charge in [0.25, 0.3) is 11.6 Å². The van der Waals surface area contributed by atoms with E-state index in [-0.39, 0.29) is 18.8 Å². The number of ether oxygens (including phenoxy) is 1. The lowest BCUT2D eigenvalue weighted by Crippen LogP contribution is -2.44. The Hall–Kier alpha value is -3.66. The zero-order chi connectivity index (χ0) is 23.5. The summed E-state index contributed by atoms with van der Waals surface area (Å²) in [6.45, 7) is 1.50. The van der Waals surface area contributed by atoms with Gasteiger partial charge in [0.05, 0.1) is 11.5 Å². The normalized spacial score (nSPS) is 17.8. The zero-order valence-corrected chi connectivity index (χ0v) is 18.2. The van der Waals surface area contributed by atoms with Crippen LogP contribution in [-0.4, -0.2) is 59.3 Å². The quantitative estimate of drug-likeness (QED) is 0.367. The van der Waals surface area contributed by atoms with Crippen LogP contribution in [0.4, 0.5) is 10.5 Å². The maximum atomic E-state index is 12.9. The number of nitro groups is 1. The number of hydrogen-bond donors (Lipinski definition) is 1. The number of likely N-dealkylation sites (N-methyl/N-ethyl adjacent to an activating group) is 1. The summed E-state index contributed by atoms with van der Waals surface area (Å²) in [5, 5.41) is 14.0. The number of urea groups is 1. The van der Waals surface area contributed by atoms with Gasteiger partial charge in [0.2, 0.25) is 5.91 Å². The summed E-state index contributed by atoms with van der Waals surface area (Å²) >= 11 is 5.82. The SMILES string of the molecule is CN(CCOc1ccc(Cl)cc1)C(=O)CN1C(=O)NC(C)(c2ccc([N+](=O)[O-])cc2)C1=O. The summed E-state index contributed by atoms with van der Waals surface area (Å²) in [4.78, 5) is 50.4. The minimum atomic E-state index is -1.43. The molecule has 3 rings (SSSR count). The van der Waals surface area contributed by atoms with E-state index in [1.54, 1.807) is 31.3 Å². The van der Waals surface area contributed by atoms with Crippen molar-refractivity contribution in [3.8, 4) is 5.75 Å². The monoisotopic (exact) mass is 460 g/mol. The van der Waals surface area contributed by atoms with Gasteiger partial charge in [-0.25, -0.2) is 4.79 Å². The van der Waals surface area contributed by atoms with Crippen LogP contribution in [0.25, 0.3) is 0 Å². The van der Waals surface area contributed by atoms with Gasteiger partial charge in [-0.3, -0.25) is 24.6 Å². The summed E-state index contributed by atoms with van der Waals surface area (Å²) in [7, 11) is 1.54. The zero-order valence-electron chi connectivity index (χ0n) is 17.4. The van der Waals surface area contributed by atoms with E-state index in [1.165, 1.54) is 36.1 Å². The Morgan fingerprint density at radius 1 is 1.19 bits per heavy atom. The van der Waals surface area contributed by atoms with Crippen LogP contribution in [0.2, 0.25) is 5.02 Å². The molecule has 0 aliphatic carbocycles. The summed E-state index contributed by atoms with van der Waals surface area (Å²) in [6.07, 6.45) is 0. The number of non-ortho nitro benzene ring substituents is 1. The van der Waals surface area contributed by atoms with Crippen LogP contribution < -0.4 is 10.1 Å². The highest BCUT2D eigenvalue weighted by atomic mass is 35.5. The molecule has 168 valence electrons. The van der Waals surface area contributed by atoms with Crippen molar-refractivity contribution in [2.45, 2.75) is 12.5 Å². The second-order valence-electron chi connectivity index (χ2n) is 7.37. The second kappa shape index (κ2) is 9.23. The fraction of sp³-hybridized carbons (Fsp3) is 0.286. The molecule has 1 unspecified atom stereocenters. The maximum Gasteiger partial charge on any atom is 0.325 e. The molecule has 1 heterocycles. The van der Waals surface area contributed by atoms with Crippen molar-refractivity contribution in [3.05, 3.63) is 69.2 Å². The molecule has 0 saturated carbocycles. The highest BCUT2D eigenvalue weighted by Gasteiger charge is 2.49. The molecular weight excluding hydrogens is 440 g/mol. The number of benzene rings is 2. The van der Waals surface area contributed by atoms with E-state index in [2.05, 4.69) is 5.32 Å². The molecule has 0 aromatic heterocycles. The van der Waals surface area contributed by atoms with Crippen molar-refractivity contribution in [2.75, 3.05) is 26.7 Å². The Morgan fingerprint density at radius 2 is 1.81 bits per heavy atom. The number of halogens is 1. The highest BCUT2D eigenvalue weighted by Crippen LogP contribution is 2.30. The van der Waals surface area contributed by atoms with Gasteiger partial charge in [0, 0.05) is 24.2 Å². The van der Waals surface area contributed by atoms with Gasteiger partial charge in [0.15, 0.2) is 0 Å². The van der Waals surface area contributed by atoms with Crippen molar-refractivity contribution in [2.24, 2.45) is 0 Å². The van der Waals surface area contributed by atoms with Crippen molar-refractivity contribution >= 4 is 35.1 Å². The van der Waals surface area contributed by atoms with Crippen LogP contribution in [0.1, 0.15) is 12.5 Å². The molecule has 1 atom stereocenters. The van der Waals surface area contributed by atoms with Crippen molar-refractivity contribution < 1.29 is 24.0 Å². The molecule has 2 aromatic carbocycles. The highest BCUT2D eigenvalue weighted by molar-refractivity contribution is 6.30. The summed E-state index contributed by atoms with van der Waals surface area (Å²) in [5.41, 5.74) is -1.19. The Labute approximate surface area is 188 Å². The van der Waals surface area contributed by atoms with E-state index in [4.69, 9.17) is 16.3 Å². The van der Waals surface area contributed by atoms with E-state index in [0.29, 0.717) is 16.3 Å². The fourth-order valence-electron chi connectivity index (χ4n) is 3.16. The van der Waals surface area contributed by atoms with E-state index in [0.717, 1.165) is 4.90 Å². The van der Waals surface area contributed by atoms with Crippen LogP contribution >= 0.6 is 11.6 Å². The molecule has 1 N–H and O–H groups in total. The Kier molecular flexibility index (Phi) is 6.64. The first-order chi connectivity index (χ1) is 15.1. The number of carbonyl (C=O) groups is 3. The van der Waals surface area contributed by atoms with E-state index in [9.17, 15) is 24.5 Å². The molecule has 32 heavy (non-hydrogen) atoms. The first-order valence-electron chi connectivity index (χ1n) is 9.63. The predicted molar refractivity (Wildman–Crippen MR) is 115 cm³/mol. The molecule has 0 radical (unpaired) electrons. The molecule has 2 aromatic rings. The lowest BCUT2D eigenvalue weighted by Gasteiger charge is -2.23. The lowest BCUT2D eigenvalue weighted by molar-refractivity contribution is -0.384.